The molecule has 5 heteroatoms. The first-order valence-electron chi connectivity index (χ1n) is 6.14. The lowest BCUT2D eigenvalue weighted by Gasteiger charge is -2.15. The fraction of sp³-hybridized carbons (Fsp3) is 0.538. The maximum atomic E-state index is 10.5. The van der Waals surface area contributed by atoms with Gasteiger partial charge in [0.25, 0.3) is 5.69 Å². The number of rotatable bonds is 7. The number of nitro groups is 1. The summed E-state index contributed by atoms with van der Waals surface area (Å²) in [5.74, 6) is 0. The van der Waals surface area contributed by atoms with E-state index in [2.05, 4.69) is 5.32 Å². The first-order valence-corrected chi connectivity index (χ1v) is 6.14. The Hall–Kier alpha value is -1.46. The van der Waals surface area contributed by atoms with E-state index in [4.69, 9.17) is 0 Å². The number of non-ortho nitro benzene ring substituents is 1. The molecule has 0 radical (unpaired) electrons. The maximum absolute atomic E-state index is 10.5. The molecule has 0 saturated heterocycles. The first-order chi connectivity index (χ1) is 8.49. The van der Waals surface area contributed by atoms with Gasteiger partial charge in [0, 0.05) is 18.2 Å². The van der Waals surface area contributed by atoms with Crippen molar-refractivity contribution in [3.05, 3.63) is 39.9 Å². The Kier molecular flexibility index (Phi) is 5.74. The quantitative estimate of drug-likeness (QED) is 0.574. The van der Waals surface area contributed by atoms with Crippen LogP contribution in [0.1, 0.15) is 25.8 Å². The number of hydrogen-bond acceptors (Lipinski definition) is 4. The number of hydrogen-bond donors (Lipinski definition) is 2. The predicted octanol–water partition coefficient (Wildman–Crippen LogP) is 1.89. The molecule has 2 atom stereocenters. The van der Waals surface area contributed by atoms with Gasteiger partial charge in [-0.25, -0.2) is 0 Å². The van der Waals surface area contributed by atoms with Crippen LogP contribution in [-0.2, 0) is 6.42 Å². The fourth-order valence-corrected chi connectivity index (χ4v) is 1.84. The van der Waals surface area contributed by atoms with Gasteiger partial charge in [0.15, 0.2) is 0 Å². The van der Waals surface area contributed by atoms with Crippen LogP contribution in [-0.4, -0.2) is 28.7 Å². The van der Waals surface area contributed by atoms with Gasteiger partial charge < -0.3 is 10.4 Å². The highest BCUT2D eigenvalue weighted by atomic mass is 16.6. The lowest BCUT2D eigenvalue weighted by Crippen LogP contribution is -2.30. The summed E-state index contributed by atoms with van der Waals surface area (Å²) in [5, 5.41) is 23.0. The lowest BCUT2D eigenvalue weighted by atomic mass is 10.1. The van der Waals surface area contributed by atoms with Crippen LogP contribution < -0.4 is 5.32 Å². The Morgan fingerprint density at radius 2 is 1.94 bits per heavy atom. The molecule has 0 spiro atoms. The summed E-state index contributed by atoms with van der Waals surface area (Å²) < 4.78 is 0. The van der Waals surface area contributed by atoms with Crippen molar-refractivity contribution in [2.45, 2.75) is 38.8 Å². The first kappa shape index (κ1) is 14.6. The van der Waals surface area contributed by atoms with Gasteiger partial charge in [-0.2, -0.15) is 0 Å². The van der Waals surface area contributed by atoms with Crippen molar-refractivity contribution in [3.8, 4) is 0 Å². The highest BCUT2D eigenvalue weighted by Gasteiger charge is 2.06. The Bertz CT molecular complexity index is 376. The van der Waals surface area contributed by atoms with E-state index >= 15 is 0 Å². The third kappa shape index (κ3) is 5.25. The van der Waals surface area contributed by atoms with Gasteiger partial charge in [0.1, 0.15) is 0 Å². The molecule has 100 valence electrons. The molecule has 0 bridgehead atoms. The van der Waals surface area contributed by atoms with Crippen molar-refractivity contribution in [1.82, 2.24) is 5.32 Å². The minimum absolute atomic E-state index is 0.120. The van der Waals surface area contributed by atoms with Crippen LogP contribution in [0.3, 0.4) is 0 Å². The average molecular weight is 252 g/mol. The Balaban J connectivity index is 2.33. The van der Waals surface area contributed by atoms with Crippen LogP contribution in [0, 0.1) is 10.1 Å². The molecule has 0 fully saturated rings. The van der Waals surface area contributed by atoms with Crippen molar-refractivity contribution in [1.29, 1.82) is 0 Å². The second-order valence-corrected chi connectivity index (χ2v) is 4.61. The average Bonchev–Trinajstić information content (AvgIpc) is 2.28. The van der Waals surface area contributed by atoms with Crippen molar-refractivity contribution in [2.24, 2.45) is 0 Å². The summed E-state index contributed by atoms with van der Waals surface area (Å²) in [6.07, 6.45) is 1.24. The minimum Gasteiger partial charge on any atom is -0.393 e. The highest BCUT2D eigenvalue weighted by Crippen LogP contribution is 2.12. The van der Waals surface area contributed by atoms with Crippen molar-refractivity contribution in [3.63, 3.8) is 0 Å². The number of nitrogens with zero attached hydrogens (tertiary/aromatic N) is 1. The summed E-state index contributed by atoms with van der Waals surface area (Å²) in [6, 6.07) is 6.87. The monoisotopic (exact) mass is 252 g/mol. The second-order valence-electron chi connectivity index (χ2n) is 4.61. The highest BCUT2D eigenvalue weighted by molar-refractivity contribution is 5.32. The van der Waals surface area contributed by atoms with Crippen LogP contribution in [0.25, 0.3) is 0 Å². The van der Waals surface area contributed by atoms with E-state index in [9.17, 15) is 15.2 Å². The molecule has 1 rings (SSSR count). The third-order valence-electron chi connectivity index (χ3n) is 2.75. The van der Waals surface area contributed by atoms with Crippen molar-refractivity contribution in [2.75, 3.05) is 6.54 Å². The van der Waals surface area contributed by atoms with Gasteiger partial charge in [0.2, 0.25) is 0 Å². The van der Waals surface area contributed by atoms with Crippen LogP contribution in [0.15, 0.2) is 24.3 Å². The summed E-state index contributed by atoms with van der Waals surface area (Å²) in [6.45, 7) is 4.60. The largest absolute Gasteiger partial charge is 0.393 e. The smallest absolute Gasteiger partial charge is 0.269 e. The Morgan fingerprint density at radius 3 is 2.44 bits per heavy atom. The van der Waals surface area contributed by atoms with Crippen LogP contribution in [0.4, 0.5) is 5.69 Å². The van der Waals surface area contributed by atoms with E-state index in [0.29, 0.717) is 0 Å². The molecule has 0 aromatic heterocycles. The molecular weight excluding hydrogens is 232 g/mol. The number of aliphatic hydroxyl groups is 1. The lowest BCUT2D eigenvalue weighted by molar-refractivity contribution is -0.384. The number of aliphatic hydroxyl groups excluding tert-OH is 1. The number of benzene rings is 1. The fourth-order valence-electron chi connectivity index (χ4n) is 1.84. The Morgan fingerprint density at radius 1 is 1.33 bits per heavy atom. The number of nitro benzene ring substituents is 1. The van der Waals surface area contributed by atoms with Gasteiger partial charge in [0.05, 0.1) is 11.0 Å². The molecule has 5 nitrogen and oxygen atoms in total. The summed E-state index contributed by atoms with van der Waals surface area (Å²) in [4.78, 5) is 10.1. The van der Waals surface area contributed by atoms with Gasteiger partial charge in [-0.1, -0.05) is 12.1 Å². The van der Waals surface area contributed by atoms with E-state index < -0.39 is 4.92 Å². The van der Waals surface area contributed by atoms with Crippen molar-refractivity contribution < 1.29 is 10.0 Å². The van der Waals surface area contributed by atoms with E-state index in [1.807, 2.05) is 6.92 Å². The molecule has 2 N–H and O–H groups in total. The van der Waals surface area contributed by atoms with E-state index in [1.54, 1.807) is 19.1 Å². The molecule has 1 aromatic rings. The van der Waals surface area contributed by atoms with E-state index in [0.717, 1.165) is 24.9 Å². The zero-order valence-corrected chi connectivity index (χ0v) is 10.8. The molecule has 18 heavy (non-hydrogen) atoms. The SMILES string of the molecule is CC(O)CC(C)NCCc1ccc([N+](=O)[O-])cc1. The topological polar surface area (TPSA) is 75.4 Å². The van der Waals surface area contributed by atoms with Gasteiger partial charge in [-0.05, 0) is 38.8 Å². The Labute approximate surface area is 107 Å². The molecule has 0 heterocycles. The van der Waals surface area contributed by atoms with E-state index in [-0.39, 0.29) is 17.8 Å². The molecule has 0 saturated carbocycles. The molecule has 1 aromatic carbocycles. The second kappa shape index (κ2) is 7.08. The zero-order chi connectivity index (χ0) is 13.5. The normalized spacial score (nSPS) is 14.2. The summed E-state index contributed by atoms with van der Waals surface area (Å²) in [5.41, 5.74) is 1.19. The maximum Gasteiger partial charge on any atom is 0.269 e. The number of nitrogens with one attached hydrogen (secondary N) is 1. The van der Waals surface area contributed by atoms with Gasteiger partial charge in [-0.15, -0.1) is 0 Å². The molecule has 0 aliphatic rings. The van der Waals surface area contributed by atoms with Crippen LogP contribution >= 0.6 is 0 Å². The molecular formula is C13H20N2O3. The molecule has 0 amide bonds. The summed E-state index contributed by atoms with van der Waals surface area (Å²) >= 11 is 0. The van der Waals surface area contributed by atoms with Crippen molar-refractivity contribution >= 4 is 5.69 Å². The molecule has 2 unspecified atom stereocenters. The third-order valence-corrected chi connectivity index (χ3v) is 2.75. The zero-order valence-electron chi connectivity index (χ0n) is 10.8. The minimum atomic E-state index is -0.396. The van der Waals surface area contributed by atoms with Crippen LogP contribution in [0.5, 0.6) is 0 Å². The summed E-state index contributed by atoms with van der Waals surface area (Å²) in [7, 11) is 0. The van der Waals surface area contributed by atoms with Crippen LogP contribution in [0.2, 0.25) is 0 Å². The molecule has 0 aliphatic heterocycles. The van der Waals surface area contributed by atoms with Gasteiger partial charge in [-0.3, -0.25) is 10.1 Å². The molecule has 0 aliphatic carbocycles. The van der Waals surface area contributed by atoms with Gasteiger partial charge >= 0.3 is 0 Å². The predicted molar refractivity (Wildman–Crippen MR) is 70.6 cm³/mol. The van der Waals surface area contributed by atoms with E-state index in [1.165, 1.54) is 12.1 Å². The standard InChI is InChI=1S/C13H20N2O3/c1-10(9-11(2)16)14-8-7-12-3-5-13(6-4-12)15(17)18/h3-6,10-11,14,16H,7-9H2,1-2H3.